The highest BCUT2D eigenvalue weighted by molar-refractivity contribution is 5.93. The molecule has 16 nitrogen and oxygen atoms in total. The Morgan fingerprint density at radius 3 is 1.34 bits per heavy atom. The minimum absolute atomic E-state index is 0.121. The van der Waals surface area contributed by atoms with Crippen molar-refractivity contribution in [2.45, 2.75) is 144 Å². The van der Waals surface area contributed by atoms with Gasteiger partial charge in [-0.2, -0.15) is 0 Å². The van der Waals surface area contributed by atoms with Crippen LogP contribution in [-0.4, -0.2) is 109 Å². The van der Waals surface area contributed by atoms with Crippen LogP contribution in [0.4, 0.5) is 4.79 Å². The van der Waals surface area contributed by atoms with Gasteiger partial charge < -0.3 is 45.4 Å². The molecular weight excluding hydrogens is 761 g/mol. The van der Waals surface area contributed by atoms with Gasteiger partial charge in [-0.25, -0.2) is 4.79 Å². The maximum atomic E-state index is 12.9. The van der Waals surface area contributed by atoms with Crippen molar-refractivity contribution in [1.82, 2.24) is 25.9 Å². The Labute approximate surface area is 350 Å². The van der Waals surface area contributed by atoms with E-state index in [1.54, 1.807) is 72.7 Å². The molecule has 0 spiro atoms. The predicted octanol–water partition coefficient (Wildman–Crippen LogP) is 4.94. The fourth-order valence-electron chi connectivity index (χ4n) is 5.22. The van der Waals surface area contributed by atoms with Crippen molar-refractivity contribution in [3.05, 3.63) is 47.0 Å². The lowest BCUT2D eigenvalue weighted by molar-refractivity contribution is -0.142. The van der Waals surface area contributed by atoms with Gasteiger partial charge in [0, 0.05) is 67.8 Å². The van der Waals surface area contributed by atoms with Crippen molar-refractivity contribution in [3.8, 4) is 11.5 Å². The third kappa shape index (κ3) is 21.2. The number of amides is 3. The van der Waals surface area contributed by atoms with Crippen LogP contribution >= 0.6 is 0 Å². The highest BCUT2D eigenvalue weighted by atomic mass is 16.6. The molecule has 2 aromatic heterocycles. The van der Waals surface area contributed by atoms with E-state index in [2.05, 4.69) is 25.9 Å². The van der Waals surface area contributed by atoms with E-state index in [4.69, 9.17) is 29.4 Å². The van der Waals surface area contributed by atoms with E-state index in [1.165, 1.54) is 14.2 Å². The molecule has 16 heteroatoms. The minimum atomic E-state index is -1.07. The zero-order valence-corrected chi connectivity index (χ0v) is 37.6. The van der Waals surface area contributed by atoms with Gasteiger partial charge in [-0.3, -0.25) is 29.1 Å². The van der Waals surface area contributed by atoms with Crippen molar-refractivity contribution in [2.75, 3.05) is 40.5 Å². The van der Waals surface area contributed by atoms with E-state index in [-0.39, 0.29) is 36.6 Å². The number of unbranched alkanes of at least 4 members (excludes halogenated alkanes) is 2. The lowest BCUT2D eigenvalue weighted by Crippen LogP contribution is -2.51. The average Bonchev–Trinajstić information content (AvgIpc) is 3.13. The van der Waals surface area contributed by atoms with Crippen LogP contribution in [-0.2, 0) is 33.4 Å². The van der Waals surface area contributed by atoms with Crippen molar-refractivity contribution in [1.29, 1.82) is 0 Å². The number of pyridine rings is 2. The van der Waals surface area contributed by atoms with Crippen LogP contribution in [0, 0.1) is 27.7 Å². The summed E-state index contributed by atoms with van der Waals surface area (Å²) in [5.74, 6) is -0.00536. The van der Waals surface area contributed by atoms with Crippen LogP contribution in [0.25, 0.3) is 0 Å². The second-order valence-corrected chi connectivity index (χ2v) is 16.4. The van der Waals surface area contributed by atoms with Gasteiger partial charge >= 0.3 is 6.09 Å². The highest BCUT2D eigenvalue weighted by Crippen LogP contribution is 2.17. The van der Waals surface area contributed by atoms with Gasteiger partial charge in [0.15, 0.2) is 11.6 Å². The molecule has 5 N–H and O–H groups in total. The number of methoxy groups -OCH3 is 2. The summed E-state index contributed by atoms with van der Waals surface area (Å²) < 4.78 is 26.9. The zero-order chi connectivity index (χ0) is 45.0. The molecule has 332 valence electrons. The van der Waals surface area contributed by atoms with Gasteiger partial charge in [-0.1, -0.05) is 0 Å². The topological polar surface area (TPSA) is 219 Å². The third-order valence-electron chi connectivity index (χ3n) is 8.91. The van der Waals surface area contributed by atoms with Crippen molar-refractivity contribution >= 4 is 29.5 Å². The summed E-state index contributed by atoms with van der Waals surface area (Å²) in [6.07, 6.45) is 3.19. The number of Topliss-reactive ketones (excluding diaryl/α,β-unsaturated/α-hetero) is 2. The molecule has 59 heavy (non-hydrogen) atoms. The van der Waals surface area contributed by atoms with E-state index >= 15 is 0 Å². The smallest absolute Gasteiger partial charge is 0.407 e. The first-order chi connectivity index (χ1) is 27.4. The SMILES string of the molecule is COC(C)(C)C(=O)N[C@@H](CCCCN)C(=O)COc1cc(C)nc(C)c1.COC(C)(C)C(=O)N[C@@H](CCCCNC(=O)OC(C)(C)C)C(=O)COc1cc(C)nc(C)c1. The Kier molecular flexibility index (Phi) is 22.2. The van der Waals surface area contributed by atoms with Gasteiger partial charge in [0.25, 0.3) is 11.8 Å². The van der Waals surface area contributed by atoms with Crippen LogP contribution < -0.4 is 31.2 Å². The summed E-state index contributed by atoms with van der Waals surface area (Å²) in [5, 5.41) is 8.25. The molecular formula is C43H70N6O10. The summed E-state index contributed by atoms with van der Waals surface area (Å²) in [7, 11) is 2.90. The van der Waals surface area contributed by atoms with Crippen LogP contribution in [0.15, 0.2) is 24.3 Å². The molecule has 0 aliphatic heterocycles. The summed E-state index contributed by atoms with van der Waals surface area (Å²) in [6, 6.07) is 5.69. The minimum Gasteiger partial charge on any atom is -0.486 e. The average molecular weight is 831 g/mol. The molecule has 2 aromatic rings. The van der Waals surface area contributed by atoms with E-state index in [9.17, 15) is 24.0 Å². The van der Waals surface area contributed by atoms with Crippen LogP contribution in [0.1, 0.15) is 110 Å². The number of aryl methyl sites for hydroxylation is 4. The van der Waals surface area contributed by atoms with Crippen molar-refractivity contribution in [2.24, 2.45) is 5.73 Å². The third-order valence-corrected chi connectivity index (χ3v) is 8.91. The van der Waals surface area contributed by atoms with E-state index in [0.717, 1.165) is 35.6 Å². The Bertz CT molecular complexity index is 1630. The first-order valence-electron chi connectivity index (χ1n) is 20.0. The molecule has 0 radical (unpaired) electrons. The zero-order valence-electron chi connectivity index (χ0n) is 37.6. The van der Waals surface area contributed by atoms with Crippen LogP contribution in [0.3, 0.4) is 0 Å². The summed E-state index contributed by atoms with van der Waals surface area (Å²) in [5.41, 5.74) is 6.11. The van der Waals surface area contributed by atoms with Gasteiger partial charge in [0.05, 0.1) is 12.1 Å². The number of nitrogens with zero attached hydrogens (tertiary/aromatic N) is 2. The number of nitrogens with two attached hydrogens (primary N) is 1. The number of carbonyl (C=O) groups excluding carboxylic acids is 5. The number of alkyl carbamates (subject to hydrolysis) is 1. The number of ether oxygens (including phenoxy) is 5. The van der Waals surface area contributed by atoms with Gasteiger partial charge in [0.1, 0.15) is 41.5 Å². The molecule has 2 atom stereocenters. The van der Waals surface area contributed by atoms with Gasteiger partial charge in [-0.15, -0.1) is 0 Å². The molecule has 2 rings (SSSR count). The molecule has 0 aromatic carbocycles. The largest absolute Gasteiger partial charge is 0.486 e. The second-order valence-electron chi connectivity index (χ2n) is 16.4. The lowest BCUT2D eigenvalue weighted by atomic mass is 10.0. The molecule has 3 amide bonds. The van der Waals surface area contributed by atoms with Crippen LogP contribution in [0.5, 0.6) is 11.5 Å². The van der Waals surface area contributed by atoms with Crippen molar-refractivity contribution < 1.29 is 47.7 Å². The highest BCUT2D eigenvalue weighted by Gasteiger charge is 2.32. The number of rotatable bonds is 23. The second kappa shape index (κ2) is 25.1. The monoisotopic (exact) mass is 831 g/mol. The van der Waals surface area contributed by atoms with E-state index < -0.39 is 35.0 Å². The fraction of sp³-hybridized carbons (Fsp3) is 0.651. The number of ketones is 2. The van der Waals surface area contributed by atoms with Gasteiger partial charge in [-0.05, 0) is 121 Å². The molecule has 0 saturated carbocycles. The Morgan fingerprint density at radius 2 is 1.00 bits per heavy atom. The lowest BCUT2D eigenvalue weighted by Gasteiger charge is -2.26. The molecule has 0 unspecified atom stereocenters. The maximum Gasteiger partial charge on any atom is 0.407 e. The number of aromatic nitrogens is 2. The quantitative estimate of drug-likeness (QED) is 0.109. The predicted molar refractivity (Wildman–Crippen MR) is 225 cm³/mol. The summed E-state index contributed by atoms with van der Waals surface area (Å²) >= 11 is 0. The van der Waals surface area contributed by atoms with E-state index in [0.29, 0.717) is 50.3 Å². The molecule has 0 fully saturated rings. The normalized spacial score (nSPS) is 12.6. The molecule has 0 aliphatic rings. The molecule has 0 saturated heterocycles. The first-order valence-corrected chi connectivity index (χ1v) is 20.0. The van der Waals surface area contributed by atoms with Crippen LogP contribution in [0.2, 0.25) is 0 Å². The number of hydrogen-bond acceptors (Lipinski definition) is 13. The van der Waals surface area contributed by atoms with Crippen molar-refractivity contribution in [3.63, 3.8) is 0 Å². The number of carbonyl (C=O) groups is 5. The fourth-order valence-corrected chi connectivity index (χ4v) is 5.22. The van der Waals surface area contributed by atoms with Gasteiger partial charge in [0.2, 0.25) is 0 Å². The maximum absolute atomic E-state index is 12.9. The first kappa shape index (κ1) is 52.3. The Morgan fingerprint density at radius 1 is 0.627 bits per heavy atom. The summed E-state index contributed by atoms with van der Waals surface area (Å²) in [4.78, 5) is 70.7. The number of nitrogens with one attached hydrogen (secondary N) is 3. The summed E-state index contributed by atoms with van der Waals surface area (Å²) in [6.45, 7) is 20.0. The Balaban J connectivity index is 0.000000607. The molecule has 2 heterocycles. The van der Waals surface area contributed by atoms with E-state index in [1.807, 2.05) is 27.7 Å². The Hall–Kier alpha value is -4.67. The number of hydrogen-bond donors (Lipinski definition) is 4. The molecule has 0 bridgehead atoms. The molecule has 0 aliphatic carbocycles. The standard InChI is InChI=1S/C24H39N3O6.C19H31N3O4/c1-16-13-18(14-17(2)26-16)32-15-20(28)19(27-21(29)24(6,7)31-8)11-9-10-12-25-22(30)33-23(3,4)5;1-13-10-15(11-14(2)21-13)26-12-17(23)16(8-6-7-9-20)22-18(24)19(3,4)25-5/h13-14,19H,9-12,15H2,1-8H3,(H,25,30)(H,27,29);10-11,16H,6-9,12,20H2,1-5H3,(H,22,24)/t19-;16-/m00/s1.